The Bertz CT molecular complexity index is 1270. The highest BCUT2D eigenvalue weighted by molar-refractivity contribution is 7.98. The van der Waals surface area contributed by atoms with Crippen LogP contribution in [0.15, 0.2) is 59.1 Å². The zero-order chi connectivity index (χ0) is 24.1. The van der Waals surface area contributed by atoms with Gasteiger partial charge in [0, 0.05) is 21.7 Å². The van der Waals surface area contributed by atoms with Crippen LogP contribution in [0.25, 0.3) is 11.3 Å². The lowest BCUT2D eigenvalue weighted by Gasteiger charge is -2.18. The van der Waals surface area contributed by atoms with Crippen LogP contribution >= 0.6 is 34.7 Å². The molecule has 4 aromatic rings. The summed E-state index contributed by atoms with van der Waals surface area (Å²) in [6.45, 7) is 1.91. The van der Waals surface area contributed by atoms with Gasteiger partial charge in [0.05, 0.1) is 12.8 Å². The molecule has 1 unspecified atom stereocenters. The molecule has 2 aromatic carbocycles. The predicted octanol–water partition coefficient (Wildman–Crippen LogP) is 5.53. The smallest absolute Gasteiger partial charge is 0.249 e. The number of rotatable bonds is 9. The number of nitrogens with zero attached hydrogens (tertiary/aromatic N) is 4. The largest absolute Gasteiger partial charge is 0.497 e. The van der Waals surface area contributed by atoms with Gasteiger partial charge in [0.2, 0.25) is 11.9 Å². The second kappa shape index (κ2) is 10.9. The number of hydrogen-bond donors (Lipinski definition) is 2. The Morgan fingerprint density at radius 1 is 1.24 bits per heavy atom. The molecule has 1 atom stereocenters. The molecule has 0 spiro atoms. The Morgan fingerprint density at radius 2 is 2.00 bits per heavy atom. The first-order valence-electron chi connectivity index (χ1n) is 10.5. The number of nitrogens with two attached hydrogens (primary N) is 1. The van der Waals surface area contributed by atoms with Crippen LogP contribution in [0, 0.1) is 0 Å². The topological polar surface area (TPSA) is 108 Å². The maximum absolute atomic E-state index is 13.2. The van der Waals surface area contributed by atoms with Crippen molar-refractivity contribution in [2.45, 2.75) is 30.3 Å². The van der Waals surface area contributed by atoms with Crippen LogP contribution in [0.1, 0.15) is 24.9 Å². The maximum Gasteiger partial charge on any atom is 0.249 e. The van der Waals surface area contributed by atoms with E-state index in [4.69, 9.17) is 22.1 Å². The minimum atomic E-state index is -0.586. The molecular formula is C23H23ClN6O2S2. The molecule has 0 saturated carbocycles. The van der Waals surface area contributed by atoms with E-state index >= 15 is 0 Å². The molecule has 0 bridgehead atoms. The molecule has 0 fully saturated rings. The van der Waals surface area contributed by atoms with E-state index in [2.05, 4.69) is 20.5 Å². The summed E-state index contributed by atoms with van der Waals surface area (Å²) in [4.78, 5) is 17.7. The first-order chi connectivity index (χ1) is 16.5. The Balaban J connectivity index is 1.48. The summed E-state index contributed by atoms with van der Waals surface area (Å²) in [5.74, 6) is 1.30. The highest BCUT2D eigenvalue weighted by Gasteiger charge is 2.26. The van der Waals surface area contributed by atoms with Crippen molar-refractivity contribution >= 4 is 51.7 Å². The van der Waals surface area contributed by atoms with Gasteiger partial charge in [-0.3, -0.25) is 9.36 Å². The van der Waals surface area contributed by atoms with Gasteiger partial charge in [-0.2, -0.15) is 0 Å². The number of halogens is 1. The minimum Gasteiger partial charge on any atom is -0.497 e. The molecule has 0 saturated heterocycles. The van der Waals surface area contributed by atoms with E-state index in [9.17, 15) is 4.79 Å². The SMILES string of the molecule is CCC(C(=O)Nc1nc(-c2ccc(OC)cc2)cs1)n1c(N)nnc1SCc1ccccc1Cl. The molecule has 8 nitrogen and oxygen atoms in total. The summed E-state index contributed by atoms with van der Waals surface area (Å²) in [5.41, 5.74) is 8.77. The fraction of sp³-hybridized carbons (Fsp3) is 0.217. The van der Waals surface area contributed by atoms with Gasteiger partial charge in [-0.15, -0.1) is 21.5 Å². The van der Waals surface area contributed by atoms with Crippen LogP contribution < -0.4 is 15.8 Å². The van der Waals surface area contributed by atoms with Gasteiger partial charge in [0.1, 0.15) is 11.8 Å². The van der Waals surface area contributed by atoms with E-state index in [1.807, 2.05) is 60.8 Å². The van der Waals surface area contributed by atoms with E-state index in [0.29, 0.717) is 27.5 Å². The van der Waals surface area contributed by atoms with Crippen molar-refractivity contribution in [1.82, 2.24) is 19.7 Å². The maximum atomic E-state index is 13.2. The van der Waals surface area contributed by atoms with Crippen LogP contribution in [0.3, 0.4) is 0 Å². The third-order valence-electron chi connectivity index (χ3n) is 5.13. The average molecular weight is 515 g/mol. The Morgan fingerprint density at radius 3 is 2.71 bits per heavy atom. The van der Waals surface area contributed by atoms with Crippen LogP contribution in [-0.2, 0) is 10.5 Å². The number of carbonyl (C=O) groups is 1. The normalized spacial score (nSPS) is 11.9. The van der Waals surface area contributed by atoms with Gasteiger partial charge in [-0.25, -0.2) is 4.98 Å². The van der Waals surface area contributed by atoms with E-state index in [1.165, 1.54) is 23.1 Å². The van der Waals surface area contributed by atoms with Crippen molar-refractivity contribution in [1.29, 1.82) is 0 Å². The summed E-state index contributed by atoms with van der Waals surface area (Å²) in [7, 11) is 1.62. The summed E-state index contributed by atoms with van der Waals surface area (Å²) < 4.78 is 6.86. The second-order valence-electron chi connectivity index (χ2n) is 7.27. The number of thioether (sulfide) groups is 1. The minimum absolute atomic E-state index is 0.182. The number of anilines is 2. The second-order valence-corrected chi connectivity index (χ2v) is 9.48. The van der Waals surface area contributed by atoms with Crippen molar-refractivity contribution in [3.05, 3.63) is 64.5 Å². The van der Waals surface area contributed by atoms with Crippen LogP contribution in [-0.4, -0.2) is 32.8 Å². The third-order valence-corrected chi connectivity index (χ3v) is 7.24. The number of aromatic nitrogens is 4. The Hall–Kier alpha value is -3.08. The fourth-order valence-electron chi connectivity index (χ4n) is 3.34. The zero-order valence-electron chi connectivity index (χ0n) is 18.6. The number of thiazole rings is 1. The van der Waals surface area contributed by atoms with Gasteiger partial charge in [-0.05, 0) is 42.3 Å². The van der Waals surface area contributed by atoms with Crippen LogP contribution in [0.4, 0.5) is 11.1 Å². The van der Waals surface area contributed by atoms with Crippen molar-refractivity contribution in [2.75, 3.05) is 18.2 Å². The molecule has 1 amide bonds. The van der Waals surface area contributed by atoms with Gasteiger partial charge < -0.3 is 15.8 Å². The molecule has 0 aliphatic rings. The number of hydrogen-bond acceptors (Lipinski definition) is 8. The number of carbonyl (C=O) groups excluding carboxylic acids is 1. The molecule has 34 heavy (non-hydrogen) atoms. The summed E-state index contributed by atoms with van der Waals surface area (Å²) in [6.07, 6.45) is 0.504. The summed E-state index contributed by atoms with van der Waals surface area (Å²) >= 11 is 9.06. The Kier molecular flexibility index (Phi) is 7.71. The van der Waals surface area contributed by atoms with E-state index in [-0.39, 0.29) is 11.9 Å². The number of methoxy groups -OCH3 is 1. The summed E-state index contributed by atoms with van der Waals surface area (Å²) in [5, 5.41) is 14.7. The lowest BCUT2D eigenvalue weighted by atomic mass is 10.2. The van der Waals surface area contributed by atoms with Crippen molar-refractivity contribution in [3.63, 3.8) is 0 Å². The average Bonchev–Trinajstić information content (AvgIpc) is 3.46. The quantitative estimate of drug-likeness (QED) is 0.283. The van der Waals surface area contributed by atoms with Gasteiger partial charge in [0.15, 0.2) is 10.3 Å². The van der Waals surface area contributed by atoms with Gasteiger partial charge >= 0.3 is 0 Å². The fourth-order valence-corrected chi connectivity index (χ4v) is 5.34. The number of benzene rings is 2. The first-order valence-corrected chi connectivity index (χ1v) is 12.7. The number of nitrogen functional groups attached to an aromatic ring is 1. The van der Waals surface area contributed by atoms with E-state index < -0.39 is 6.04 Å². The molecule has 2 aromatic heterocycles. The molecule has 4 rings (SSSR count). The van der Waals surface area contributed by atoms with Crippen LogP contribution in [0.5, 0.6) is 5.75 Å². The van der Waals surface area contributed by atoms with Gasteiger partial charge in [-0.1, -0.05) is 48.5 Å². The van der Waals surface area contributed by atoms with Gasteiger partial charge in [0.25, 0.3) is 0 Å². The third kappa shape index (κ3) is 5.35. The van der Waals surface area contributed by atoms with E-state index in [1.54, 1.807) is 11.7 Å². The van der Waals surface area contributed by atoms with E-state index in [0.717, 1.165) is 22.6 Å². The monoisotopic (exact) mass is 514 g/mol. The molecule has 0 aliphatic heterocycles. The summed E-state index contributed by atoms with van der Waals surface area (Å²) in [6, 6.07) is 14.6. The van der Waals surface area contributed by atoms with Crippen molar-refractivity contribution in [2.24, 2.45) is 0 Å². The molecule has 0 radical (unpaired) electrons. The van der Waals surface area contributed by atoms with Crippen LogP contribution in [0.2, 0.25) is 5.02 Å². The zero-order valence-corrected chi connectivity index (χ0v) is 21.0. The molecule has 3 N–H and O–H groups in total. The molecular weight excluding hydrogens is 492 g/mol. The van der Waals surface area contributed by atoms with Crippen molar-refractivity contribution in [3.8, 4) is 17.0 Å². The molecule has 11 heteroatoms. The molecule has 2 heterocycles. The highest BCUT2D eigenvalue weighted by Crippen LogP contribution is 2.31. The number of nitrogens with one attached hydrogen (secondary N) is 1. The standard InChI is InChI=1S/C23H23ClN6O2S2/c1-3-19(30-21(25)28-29-23(30)34-12-15-6-4-5-7-17(15)24)20(31)27-22-26-18(13-33-22)14-8-10-16(32-2)11-9-14/h4-11,13,19H,3,12H2,1-2H3,(H2,25,28)(H,26,27,31). The first kappa shape index (κ1) is 24.1. The lowest BCUT2D eigenvalue weighted by Crippen LogP contribution is -2.27. The number of ether oxygens (including phenoxy) is 1. The Labute approximate surface area is 210 Å². The lowest BCUT2D eigenvalue weighted by molar-refractivity contribution is -0.119. The molecule has 0 aliphatic carbocycles. The van der Waals surface area contributed by atoms with Crippen molar-refractivity contribution < 1.29 is 9.53 Å². The molecule has 176 valence electrons. The highest BCUT2D eigenvalue weighted by atomic mass is 35.5. The predicted molar refractivity (Wildman–Crippen MR) is 138 cm³/mol. The number of amides is 1.